The Hall–Kier alpha value is -2.25. The summed E-state index contributed by atoms with van der Waals surface area (Å²) >= 11 is 1.57. The smallest absolute Gasteiger partial charge is 0.383 e. The number of nitrogens with zero attached hydrogens (tertiary/aromatic N) is 2. The number of ether oxygens (including phenoxy) is 2. The van der Waals surface area contributed by atoms with Crippen molar-refractivity contribution in [2.45, 2.75) is 77.7 Å². The van der Waals surface area contributed by atoms with Gasteiger partial charge in [-0.3, -0.25) is 0 Å². The molecule has 3 rings (SSSR count). The number of esters is 1. The first-order valence-corrected chi connectivity index (χ1v) is 13.8. The molecule has 0 fully saturated rings. The third kappa shape index (κ3) is 10.0. The first kappa shape index (κ1) is 30.0. The number of halogens is 1. The fraction of sp³-hybridized carbons (Fsp3) is 0.483. The van der Waals surface area contributed by atoms with Crippen molar-refractivity contribution in [2.75, 3.05) is 13.7 Å². The number of fused-ring (bicyclic) bond motifs is 1. The maximum atomic E-state index is 12.6. The van der Waals surface area contributed by atoms with Crippen molar-refractivity contribution in [3.63, 3.8) is 0 Å². The number of para-hydroxylation sites is 1. The van der Waals surface area contributed by atoms with Crippen LogP contribution in [0.4, 0.5) is 5.13 Å². The molecule has 0 amide bonds. The van der Waals surface area contributed by atoms with Crippen molar-refractivity contribution in [3.8, 4) is 5.75 Å². The second kappa shape index (κ2) is 17.2. The molecule has 196 valence electrons. The molecule has 0 spiro atoms. The molecule has 0 saturated heterocycles. The Labute approximate surface area is 230 Å². The number of aromatic nitrogens is 1. The van der Waals surface area contributed by atoms with Gasteiger partial charge in [0.25, 0.3) is 0 Å². The van der Waals surface area contributed by atoms with Gasteiger partial charge in [-0.2, -0.15) is 0 Å². The number of rotatable bonds is 16. The van der Waals surface area contributed by atoms with Gasteiger partial charge >= 0.3 is 11.1 Å². The highest BCUT2D eigenvalue weighted by Crippen LogP contribution is 2.26. The minimum Gasteiger partial charge on any atom is -1.00 e. The molecule has 0 bridgehead atoms. The molecule has 1 aromatic heterocycles. The highest BCUT2D eigenvalue weighted by molar-refractivity contribution is 7.21. The van der Waals surface area contributed by atoms with E-state index in [0.717, 1.165) is 39.5 Å². The molecular weight excluding hydrogens is 536 g/mol. The maximum Gasteiger partial charge on any atom is 0.383 e. The Kier molecular flexibility index (Phi) is 14.4. The van der Waals surface area contributed by atoms with Crippen LogP contribution in [0.1, 0.15) is 76.7 Å². The van der Waals surface area contributed by atoms with Crippen LogP contribution in [0.3, 0.4) is 0 Å². The zero-order valence-corrected chi connectivity index (χ0v) is 24.0. The monoisotopic (exact) mass is 574 g/mol. The van der Waals surface area contributed by atoms with Crippen molar-refractivity contribution in [2.24, 2.45) is 4.99 Å². The van der Waals surface area contributed by atoms with Gasteiger partial charge in [0.15, 0.2) is 6.54 Å². The molecular formula is C29H39BrN2O3S. The predicted octanol–water partition coefficient (Wildman–Crippen LogP) is 4.42. The summed E-state index contributed by atoms with van der Waals surface area (Å²) in [5.41, 5.74) is 1.97. The van der Waals surface area contributed by atoms with Gasteiger partial charge in [-0.05, 0) is 59.1 Å². The molecule has 7 heteroatoms. The van der Waals surface area contributed by atoms with E-state index < -0.39 is 0 Å². The van der Waals surface area contributed by atoms with Gasteiger partial charge in [-0.1, -0.05) is 76.8 Å². The van der Waals surface area contributed by atoms with Crippen LogP contribution in [-0.4, -0.2) is 25.9 Å². The third-order valence-electron chi connectivity index (χ3n) is 6.08. The van der Waals surface area contributed by atoms with E-state index in [1.54, 1.807) is 18.4 Å². The molecule has 0 aliphatic rings. The van der Waals surface area contributed by atoms with E-state index in [2.05, 4.69) is 13.0 Å². The van der Waals surface area contributed by atoms with Crippen molar-refractivity contribution in [1.82, 2.24) is 0 Å². The molecule has 0 unspecified atom stereocenters. The topological polar surface area (TPSA) is 51.8 Å². The standard InChI is InChI=1S/C29H39N2O3S.BrH/c1-3-4-5-6-7-8-9-10-11-14-21-34-28(32)23-31-26-15-12-13-16-27(26)35-29(31)30-22-24-17-19-25(33-2)20-18-24;/h12-13,15-20,22H,3-11,14,21,23H2,1-2H3;1H/q+1;/p-1. The average molecular weight is 576 g/mol. The van der Waals surface area contributed by atoms with Crippen LogP contribution < -0.4 is 26.3 Å². The number of benzene rings is 2. The van der Waals surface area contributed by atoms with Gasteiger partial charge in [-0.15, -0.1) is 0 Å². The van der Waals surface area contributed by atoms with Gasteiger partial charge in [0, 0.05) is 5.56 Å². The second-order valence-electron chi connectivity index (χ2n) is 8.87. The summed E-state index contributed by atoms with van der Waals surface area (Å²) in [6, 6.07) is 15.8. The lowest BCUT2D eigenvalue weighted by Crippen LogP contribution is -3.00. The fourth-order valence-corrected chi connectivity index (χ4v) is 5.05. The zero-order valence-electron chi connectivity index (χ0n) is 21.6. The lowest BCUT2D eigenvalue weighted by Gasteiger charge is -2.05. The van der Waals surface area contributed by atoms with Crippen LogP contribution in [0.25, 0.3) is 10.2 Å². The number of carbonyl (C=O) groups excluding carboxylic acids is 1. The molecule has 0 radical (unpaired) electrons. The number of hydrogen-bond donors (Lipinski definition) is 0. The molecule has 0 saturated carbocycles. The van der Waals surface area contributed by atoms with E-state index in [9.17, 15) is 4.79 Å². The quantitative estimate of drug-likeness (QED) is 0.110. The molecule has 3 aromatic rings. The van der Waals surface area contributed by atoms with Crippen molar-refractivity contribution in [1.29, 1.82) is 0 Å². The molecule has 0 atom stereocenters. The summed E-state index contributed by atoms with van der Waals surface area (Å²) in [6.07, 6.45) is 14.5. The van der Waals surface area contributed by atoms with Crippen LogP contribution in [0.15, 0.2) is 53.5 Å². The third-order valence-corrected chi connectivity index (χ3v) is 7.15. The van der Waals surface area contributed by atoms with E-state index in [0.29, 0.717) is 6.61 Å². The van der Waals surface area contributed by atoms with E-state index in [1.807, 2.05) is 53.2 Å². The first-order valence-electron chi connectivity index (χ1n) is 13.0. The highest BCUT2D eigenvalue weighted by Gasteiger charge is 2.21. The van der Waals surface area contributed by atoms with E-state index in [4.69, 9.17) is 14.5 Å². The Morgan fingerprint density at radius 2 is 1.56 bits per heavy atom. The lowest BCUT2D eigenvalue weighted by atomic mass is 10.1. The Morgan fingerprint density at radius 1 is 0.917 bits per heavy atom. The van der Waals surface area contributed by atoms with Crippen LogP contribution in [0, 0.1) is 0 Å². The average Bonchev–Trinajstić information content (AvgIpc) is 3.23. The summed E-state index contributed by atoms with van der Waals surface area (Å²) in [4.78, 5) is 17.3. The summed E-state index contributed by atoms with van der Waals surface area (Å²) < 4.78 is 13.8. The van der Waals surface area contributed by atoms with Crippen molar-refractivity contribution in [3.05, 3.63) is 54.1 Å². The molecule has 0 N–H and O–H groups in total. The van der Waals surface area contributed by atoms with Crippen molar-refractivity contribution >= 4 is 38.9 Å². The minimum atomic E-state index is -0.213. The number of aliphatic imine (C=N–C) groups is 1. The molecule has 2 aromatic carbocycles. The molecule has 5 nitrogen and oxygen atoms in total. The normalized spacial score (nSPS) is 11.1. The molecule has 0 aliphatic heterocycles. The minimum absolute atomic E-state index is 0. The Bertz CT molecular complexity index is 1070. The fourth-order valence-electron chi connectivity index (χ4n) is 4.04. The Balaban J connectivity index is 0.00000456. The Morgan fingerprint density at radius 3 is 2.22 bits per heavy atom. The van der Waals surface area contributed by atoms with Crippen LogP contribution in [0.5, 0.6) is 5.75 Å². The number of hydrogen-bond acceptors (Lipinski definition) is 5. The first-order chi connectivity index (χ1) is 17.2. The highest BCUT2D eigenvalue weighted by atomic mass is 79.9. The largest absolute Gasteiger partial charge is 1.00 e. The number of carbonyl (C=O) groups is 1. The number of methoxy groups -OCH3 is 1. The van der Waals surface area contributed by atoms with Crippen LogP contribution in [0.2, 0.25) is 0 Å². The SMILES string of the molecule is CCCCCCCCCCCCOC(=O)C[n+]1c(N=Cc2ccc(OC)cc2)sc2ccccc21.[Br-]. The zero-order chi connectivity index (χ0) is 24.7. The van der Waals surface area contributed by atoms with Gasteiger partial charge in [0.1, 0.15) is 17.5 Å². The second-order valence-corrected chi connectivity index (χ2v) is 9.88. The molecule has 1 heterocycles. The van der Waals surface area contributed by atoms with E-state index in [-0.39, 0.29) is 29.5 Å². The van der Waals surface area contributed by atoms with Gasteiger partial charge < -0.3 is 26.5 Å². The van der Waals surface area contributed by atoms with Crippen LogP contribution >= 0.6 is 11.3 Å². The van der Waals surface area contributed by atoms with Gasteiger partial charge in [0.05, 0.1) is 18.4 Å². The summed E-state index contributed by atoms with van der Waals surface area (Å²) in [5.74, 6) is 0.597. The van der Waals surface area contributed by atoms with Gasteiger partial charge in [0.2, 0.25) is 0 Å². The van der Waals surface area contributed by atoms with E-state index >= 15 is 0 Å². The van der Waals surface area contributed by atoms with E-state index in [1.165, 1.54) is 51.4 Å². The molecule has 36 heavy (non-hydrogen) atoms. The molecule has 0 aliphatic carbocycles. The number of thiazole rings is 1. The maximum absolute atomic E-state index is 12.6. The van der Waals surface area contributed by atoms with Crippen molar-refractivity contribution < 1.29 is 35.8 Å². The summed E-state index contributed by atoms with van der Waals surface area (Å²) in [5, 5.41) is 0.776. The lowest BCUT2D eigenvalue weighted by molar-refractivity contribution is -0.643. The van der Waals surface area contributed by atoms with Gasteiger partial charge in [-0.25, -0.2) is 9.36 Å². The van der Waals surface area contributed by atoms with Crippen LogP contribution in [-0.2, 0) is 16.1 Å². The number of unbranched alkanes of at least 4 members (excludes halogenated alkanes) is 9. The summed E-state index contributed by atoms with van der Waals surface area (Å²) in [7, 11) is 1.65. The summed E-state index contributed by atoms with van der Waals surface area (Å²) in [6.45, 7) is 2.91. The predicted molar refractivity (Wildman–Crippen MR) is 145 cm³/mol.